The molecule has 0 spiro atoms. The average Bonchev–Trinajstić information content (AvgIpc) is 2.64. The van der Waals surface area contributed by atoms with Crippen molar-refractivity contribution in [1.29, 1.82) is 0 Å². The first-order chi connectivity index (χ1) is 14.4. The van der Waals surface area contributed by atoms with Crippen LogP contribution in [0.5, 0.6) is 5.75 Å². The number of fused-ring (bicyclic) bond motifs is 2. The summed E-state index contributed by atoms with van der Waals surface area (Å²) >= 11 is 0. The van der Waals surface area contributed by atoms with Crippen molar-refractivity contribution in [3.05, 3.63) is 29.8 Å². The maximum atomic E-state index is 13.2. The Morgan fingerprint density at radius 1 is 1.10 bits per heavy atom. The third kappa shape index (κ3) is 5.49. The molecule has 0 aromatic heterocycles. The summed E-state index contributed by atoms with van der Waals surface area (Å²) in [5.74, 6) is -1.17. The summed E-state index contributed by atoms with van der Waals surface area (Å²) in [6.07, 6.45) is -5.69. The van der Waals surface area contributed by atoms with Crippen LogP contribution < -0.4 is 4.74 Å². The largest absolute Gasteiger partial charge is 0.461 e. The van der Waals surface area contributed by atoms with Gasteiger partial charge in [0, 0.05) is 23.6 Å². The van der Waals surface area contributed by atoms with Crippen molar-refractivity contribution in [1.82, 2.24) is 4.90 Å². The van der Waals surface area contributed by atoms with Gasteiger partial charge in [-0.25, -0.2) is 4.79 Å². The number of ketones is 1. The fraction of sp³-hybridized carbons (Fsp3) is 0.636. The summed E-state index contributed by atoms with van der Waals surface area (Å²) in [6, 6.07) is 4.66. The molecule has 1 aromatic carbocycles. The average molecular weight is 445 g/mol. The summed E-state index contributed by atoms with van der Waals surface area (Å²) in [5.41, 5.74) is -0.505. The van der Waals surface area contributed by atoms with Gasteiger partial charge in [-0.3, -0.25) is 4.79 Å². The second-order valence-corrected chi connectivity index (χ2v) is 9.15. The number of halogens is 4. The molecule has 2 atom stereocenters. The molecule has 0 aliphatic carbocycles. The van der Waals surface area contributed by atoms with E-state index in [9.17, 15) is 27.2 Å². The van der Waals surface area contributed by atoms with Crippen LogP contribution in [-0.2, 0) is 4.74 Å². The van der Waals surface area contributed by atoms with Gasteiger partial charge >= 0.3 is 18.6 Å². The Morgan fingerprint density at radius 2 is 1.71 bits per heavy atom. The summed E-state index contributed by atoms with van der Waals surface area (Å²) in [5, 5.41) is 0. The lowest BCUT2D eigenvalue weighted by Gasteiger charge is -2.48. The van der Waals surface area contributed by atoms with Gasteiger partial charge in [0.25, 0.3) is 0 Å². The number of ether oxygens (including phenoxy) is 2. The number of hydrogen-bond donors (Lipinski definition) is 0. The van der Waals surface area contributed by atoms with E-state index < -0.39 is 35.9 Å². The molecule has 5 nitrogen and oxygen atoms in total. The zero-order chi connectivity index (χ0) is 23.0. The summed E-state index contributed by atoms with van der Waals surface area (Å²) < 4.78 is 60.8. The van der Waals surface area contributed by atoms with Gasteiger partial charge < -0.3 is 14.4 Å². The molecule has 0 saturated carbocycles. The van der Waals surface area contributed by atoms with Crippen LogP contribution >= 0.6 is 0 Å². The number of carbonyl (C=O) groups is 2. The zero-order valence-corrected chi connectivity index (χ0v) is 17.7. The van der Waals surface area contributed by atoms with E-state index >= 15 is 0 Å². The SMILES string of the molecule is CC(C)(C)OC(=O)N1C2CCCC1CC(C(=O)c1cccc(OC(F)(F)C(F)F)c1)C2. The lowest BCUT2D eigenvalue weighted by molar-refractivity contribution is -0.253. The quantitative estimate of drug-likeness (QED) is 0.433. The van der Waals surface area contributed by atoms with Crippen molar-refractivity contribution in [2.45, 2.75) is 83.1 Å². The topological polar surface area (TPSA) is 55.8 Å². The molecule has 2 bridgehead atoms. The molecule has 31 heavy (non-hydrogen) atoms. The number of nitrogens with zero attached hydrogens (tertiary/aromatic N) is 1. The van der Waals surface area contributed by atoms with Gasteiger partial charge in [0.2, 0.25) is 0 Å². The first-order valence-corrected chi connectivity index (χ1v) is 10.4. The highest BCUT2D eigenvalue weighted by atomic mass is 19.3. The number of alkyl halides is 4. The molecule has 3 rings (SSSR count). The molecule has 0 radical (unpaired) electrons. The third-order valence-electron chi connectivity index (χ3n) is 5.58. The van der Waals surface area contributed by atoms with Crippen LogP contribution in [0.2, 0.25) is 0 Å². The number of piperidine rings is 2. The summed E-state index contributed by atoms with van der Waals surface area (Å²) in [4.78, 5) is 27.5. The Labute approximate surface area is 178 Å². The van der Waals surface area contributed by atoms with Gasteiger partial charge in [-0.1, -0.05) is 12.1 Å². The predicted molar refractivity (Wildman–Crippen MR) is 105 cm³/mol. The van der Waals surface area contributed by atoms with Crippen LogP contribution in [0, 0.1) is 5.92 Å². The van der Waals surface area contributed by atoms with Crippen LogP contribution in [0.3, 0.4) is 0 Å². The Kier molecular flexibility index (Phi) is 6.53. The first kappa shape index (κ1) is 23.3. The molecule has 2 fully saturated rings. The monoisotopic (exact) mass is 445 g/mol. The maximum Gasteiger partial charge on any atom is 0.461 e. The van der Waals surface area contributed by atoms with E-state index in [-0.39, 0.29) is 23.4 Å². The van der Waals surface area contributed by atoms with Gasteiger partial charge in [-0.2, -0.15) is 17.6 Å². The van der Waals surface area contributed by atoms with E-state index in [0.717, 1.165) is 31.4 Å². The highest BCUT2D eigenvalue weighted by molar-refractivity contribution is 5.98. The smallest absolute Gasteiger partial charge is 0.444 e. The first-order valence-electron chi connectivity index (χ1n) is 10.4. The Hall–Kier alpha value is -2.32. The molecule has 1 aromatic rings. The van der Waals surface area contributed by atoms with E-state index in [1.807, 2.05) is 0 Å². The van der Waals surface area contributed by atoms with E-state index in [1.54, 1.807) is 25.7 Å². The Balaban J connectivity index is 1.73. The lowest BCUT2D eigenvalue weighted by atomic mass is 9.76. The van der Waals surface area contributed by atoms with Crippen molar-refractivity contribution in [2.75, 3.05) is 0 Å². The third-order valence-corrected chi connectivity index (χ3v) is 5.58. The minimum atomic E-state index is -4.64. The van der Waals surface area contributed by atoms with Crippen LogP contribution in [0.4, 0.5) is 22.4 Å². The predicted octanol–water partition coefficient (Wildman–Crippen LogP) is 5.67. The minimum Gasteiger partial charge on any atom is -0.444 e. The molecule has 1 amide bonds. The van der Waals surface area contributed by atoms with Gasteiger partial charge in [0.05, 0.1) is 0 Å². The molecule has 0 N–H and O–H groups in total. The lowest BCUT2D eigenvalue weighted by Crippen LogP contribution is -2.56. The van der Waals surface area contributed by atoms with Crippen LogP contribution in [0.1, 0.15) is 63.2 Å². The number of Topliss-reactive ketones (excluding diaryl/α,β-unsaturated/α-hetero) is 1. The molecule has 172 valence electrons. The van der Waals surface area contributed by atoms with Crippen molar-refractivity contribution >= 4 is 11.9 Å². The Bertz CT molecular complexity index is 810. The maximum absolute atomic E-state index is 13.2. The second-order valence-electron chi connectivity index (χ2n) is 9.15. The number of hydrogen-bond acceptors (Lipinski definition) is 4. The molecule has 2 heterocycles. The number of amides is 1. The van der Waals surface area contributed by atoms with E-state index in [1.165, 1.54) is 12.1 Å². The minimum absolute atomic E-state index is 0.122. The second kappa shape index (κ2) is 8.67. The van der Waals surface area contributed by atoms with E-state index in [2.05, 4.69) is 4.74 Å². The van der Waals surface area contributed by atoms with E-state index in [0.29, 0.717) is 12.8 Å². The molecule has 2 saturated heterocycles. The normalized spacial score (nSPS) is 24.1. The fourth-order valence-electron chi connectivity index (χ4n) is 4.36. The molecule has 9 heteroatoms. The molecule has 2 unspecified atom stereocenters. The zero-order valence-electron chi connectivity index (χ0n) is 17.7. The van der Waals surface area contributed by atoms with Gasteiger partial charge in [-0.15, -0.1) is 0 Å². The van der Waals surface area contributed by atoms with E-state index in [4.69, 9.17) is 4.74 Å². The Morgan fingerprint density at radius 3 is 2.26 bits per heavy atom. The van der Waals surface area contributed by atoms with Crippen LogP contribution in [-0.4, -0.2) is 47.0 Å². The standard InChI is InChI=1S/C22H27F4NO4/c1-21(2,3)31-20(29)27-15-7-5-8-16(27)11-14(10-15)18(28)13-6-4-9-17(12-13)30-22(25,26)19(23)24/h4,6,9,12,14-16,19H,5,7-8,10-11H2,1-3H3. The molecule has 2 aliphatic heterocycles. The van der Waals surface area contributed by atoms with Crippen molar-refractivity contribution < 1.29 is 36.6 Å². The van der Waals surface area contributed by atoms with Crippen molar-refractivity contribution in [3.63, 3.8) is 0 Å². The number of rotatable bonds is 5. The van der Waals surface area contributed by atoms with Gasteiger partial charge in [-0.05, 0) is 65.0 Å². The fourth-order valence-corrected chi connectivity index (χ4v) is 4.36. The summed E-state index contributed by atoms with van der Waals surface area (Å²) in [6.45, 7) is 5.39. The van der Waals surface area contributed by atoms with Crippen LogP contribution in [0.15, 0.2) is 24.3 Å². The summed E-state index contributed by atoms with van der Waals surface area (Å²) in [7, 11) is 0. The highest BCUT2D eigenvalue weighted by Gasteiger charge is 2.45. The molecular weight excluding hydrogens is 418 g/mol. The van der Waals surface area contributed by atoms with Gasteiger partial charge in [0.15, 0.2) is 5.78 Å². The molecule has 2 aliphatic rings. The van der Waals surface area contributed by atoms with Gasteiger partial charge in [0.1, 0.15) is 11.4 Å². The molecular formula is C22H27F4NO4. The van der Waals surface area contributed by atoms with Crippen molar-refractivity contribution in [3.8, 4) is 5.75 Å². The van der Waals surface area contributed by atoms with Crippen molar-refractivity contribution in [2.24, 2.45) is 5.92 Å². The highest BCUT2D eigenvalue weighted by Crippen LogP contribution is 2.39. The number of carbonyl (C=O) groups excluding carboxylic acids is 2. The van der Waals surface area contributed by atoms with Crippen LogP contribution in [0.25, 0.3) is 0 Å². The number of benzene rings is 1.